The molecule has 0 bridgehead atoms. The summed E-state index contributed by atoms with van der Waals surface area (Å²) >= 11 is 1.49. The third-order valence-corrected chi connectivity index (χ3v) is 3.60. The Labute approximate surface area is 128 Å². The Kier molecular flexibility index (Phi) is 6.62. The maximum absolute atomic E-state index is 12.5. The second-order valence-corrected chi connectivity index (χ2v) is 7.10. The van der Waals surface area contributed by atoms with Gasteiger partial charge in [0.2, 0.25) is 0 Å². The number of alkyl halides is 3. The summed E-state index contributed by atoms with van der Waals surface area (Å²) in [5.41, 5.74) is 0.708. The summed E-state index contributed by atoms with van der Waals surface area (Å²) in [5, 5.41) is 6.07. The molecule has 122 valence electrons. The van der Waals surface area contributed by atoms with Crippen LogP contribution in [0.5, 0.6) is 0 Å². The van der Waals surface area contributed by atoms with E-state index < -0.39 is 12.7 Å². The molecule has 1 N–H and O–H groups in total. The van der Waals surface area contributed by atoms with Gasteiger partial charge in [-0.15, -0.1) is 11.3 Å². The van der Waals surface area contributed by atoms with Crippen molar-refractivity contribution in [2.24, 2.45) is 0 Å². The van der Waals surface area contributed by atoms with Crippen molar-refractivity contribution < 1.29 is 13.2 Å². The van der Waals surface area contributed by atoms with Crippen molar-refractivity contribution in [3.8, 4) is 0 Å². The molecule has 0 aliphatic rings. The molecule has 0 saturated heterocycles. The molecule has 0 atom stereocenters. The molecular weight excluding hydrogens is 299 g/mol. The number of hydrogen-bond donors (Lipinski definition) is 1. The van der Waals surface area contributed by atoms with Crippen LogP contribution in [0, 0.1) is 0 Å². The Hall–Kier alpha value is -0.660. The first-order valence-electron chi connectivity index (χ1n) is 7.06. The van der Waals surface area contributed by atoms with Crippen LogP contribution in [0.1, 0.15) is 44.8 Å². The van der Waals surface area contributed by atoms with Gasteiger partial charge in [0.05, 0.1) is 12.2 Å². The number of nitrogens with zero attached hydrogens (tertiary/aromatic N) is 2. The Morgan fingerprint density at radius 3 is 2.48 bits per heavy atom. The Morgan fingerprint density at radius 1 is 1.29 bits per heavy atom. The summed E-state index contributed by atoms with van der Waals surface area (Å²) < 4.78 is 37.6. The monoisotopic (exact) mass is 323 g/mol. The average molecular weight is 323 g/mol. The highest BCUT2D eigenvalue weighted by Gasteiger charge is 2.30. The van der Waals surface area contributed by atoms with E-state index in [0.29, 0.717) is 25.2 Å². The van der Waals surface area contributed by atoms with Crippen molar-refractivity contribution in [3.05, 3.63) is 16.1 Å². The summed E-state index contributed by atoms with van der Waals surface area (Å²) in [4.78, 5) is 5.81. The van der Waals surface area contributed by atoms with Gasteiger partial charge in [0.25, 0.3) is 0 Å². The summed E-state index contributed by atoms with van der Waals surface area (Å²) in [6.07, 6.45) is -3.47. The molecule has 1 heterocycles. The van der Waals surface area contributed by atoms with Gasteiger partial charge in [0.1, 0.15) is 5.01 Å². The molecule has 0 unspecified atom stereocenters. The predicted molar refractivity (Wildman–Crippen MR) is 80.3 cm³/mol. The maximum Gasteiger partial charge on any atom is 0.401 e. The number of nitrogens with one attached hydrogen (secondary N) is 1. The number of aromatic nitrogens is 1. The number of hydrogen-bond acceptors (Lipinski definition) is 4. The second-order valence-electron chi connectivity index (χ2n) is 6.16. The van der Waals surface area contributed by atoms with Crippen LogP contribution in [-0.4, -0.2) is 34.7 Å². The molecule has 0 saturated carbocycles. The van der Waals surface area contributed by atoms with Gasteiger partial charge in [0, 0.05) is 24.0 Å². The van der Waals surface area contributed by atoms with Gasteiger partial charge in [-0.25, -0.2) is 4.98 Å². The number of halogens is 3. The van der Waals surface area contributed by atoms with Gasteiger partial charge in [-0.2, -0.15) is 13.2 Å². The molecule has 0 fully saturated rings. The van der Waals surface area contributed by atoms with Crippen LogP contribution in [0.4, 0.5) is 13.2 Å². The summed E-state index contributed by atoms with van der Waals surface area (Å²) in [6, 6.07) is 0. The molecule has 1 aromatic heterocycles. The Morgan fingerprint density at radius 2 is 1.95 bits per heavy atom. The van der Waals surface area contributed by atoms with Crippen molar-refractivity contribution in [1.82, 2.24) is 15.2 Å². The van der Waals surface area contributed by atoms with Gasteiger partial charge < -0.3 is 5.32 Å². The second kappa shape index (κ2) is 7.56. The first kappa shape index (κ1) is 18.4. The predicted octanol–water partition coefficient (Wildman–Crippen LogP) is 3.81. The molecule has 1 rings (SSSR count). The van der Waals surface area contributed by atoms with E-state index in [1.807, 2.05) is 12.3 Å². The number of thiazole rings is 1. The van der Waals surface area contributed by atoms with Gasteiger partial charge in [-0.3, -0.25) is 4.90 Å². The van der Waals surface area contributed by atoms with Crippen LogP contribution in [-0.2, 0) is 13.1 Å². The average Bonchev–Trinajstić information content (AvgIpc) is 2.71. The smallest absolute Gasteiger partial charge is 0.306 e. The largest absolute Gasteiger partial charge is 0.401 e. The van der Waals surface area contributed by atoms with E-state index >= 15 is 0 Å². The zero-order valence-corrected chi connectivity index (χ0v) is 13.9. The summed E-state index contributed by atoms with van der Waals surface area (Å²) in [6.45, 7) is 8.50. The molecule has 0 aliphatic heterocycles. The van der Waals surface area contributed by atoms with E-state index in [4.69, 9.17) is 0 Å². The molecule has 1 aromatic rings. The maximum atomic E-state index is 12.5. The highest BCUT2D eigenvalue weighted by molar-refractivity contribution is 7.09. The molecule has 21 heavy (non-hydrogen) atoms. The highest BCUT2D eigenvalue weighted by atomic mass is 32.1. The molecule has 7 heteroatoms. The van der Waals surface area contributed by atoms with Crippen molar-refractivity contribution in [2.75, 3.05) is 13.1 Å². The fourth-order valence-corrected chi connectivity index (χ4v) is 2.58. The minimum atomic E-state index is -4.16. The van der Waals surface area contributed by atoms with Crippen LogP contribution in [0.15, 0.2) is 5.38 Å². The molecule has 0 aromatic carbocycles. The third-order valence-electron chi connectivity index (χ3n) is 2.70. The van der Waals surface area contributed by atoms with E-state index in [1.54, 1.807) is 0 Å². The first-order chi connectivity index (χ1) is 9.59. The number of rotatable bonds is 7. The third kappa shape index (κ3) is 8.38. The summed E-state index contributed by atoms with van der Waals surface area (Å²) in [5.74, 6) is 0. The van der Waals surface area contributed by atoms with Crippen LogP contribution in [0.25, 0.3) is 0 Å². The topological polar surface area (TPSA) is 28.2 Å². The van der Waals surface area contributed by atoms with Gasteiger partial charge in [0.15, 0.2) is 0 Å². The normalized spacial score (nSPS) is 13.1. The minimum Gasteiger partial charge on any atom is -0.306 e. The lowest BCUT2D eigenvalue weighted by Crippen LogP contribution is -2.35. The van der Waals surface area contributed by atoms with Crippen molar-refractivity contribution >= 4 is 11.3 Å². The zero-order valence-electron chi connectivity index (χ0n) is 13.0. The molecule has 0 spiro atoms. The van der Waals surface area contributed by atoms with E-state index in [9.17, 15) is 13.2 Å². The molecule has 0 radical (unpaired) electrons. The van der Waals surface area contributed by atoms with Crippen molar-refractivity contribution in [1.29, 1.82) is 0 Å². The van der Waals surface area contributed by atoms with E-state index in [0.717, 1.165) is 5.01 Å². The lowest BCUT2D eigenvalue weighted by molar-refractivity contribution is -0.147. The molecule has 3 nitrogen and oxygen atoms in total. The highest BCUT2D eigenvalue weighted by Crippen LogP contribution is 2.19. The molecular formula is C14H24F3N3S. The van der Waals surface area contributed by atoms with Crippen LogP contribution < -0.4 is 5.32 Å². The van der Waals surface area contributed by atoms with Gasteiger partial charge in [-0.1, -0.05) is 6.92 Å². The molecule has 0 aliphatic carbocycles. The fraction of sp³-hybridized carbons (Fsp3) is 0.786. The zero-order chi connectivity index (χ0) is 16.1. The Balaban J connectivity index is 2.58. The lowest BCUT2D eigenvalue weighted by atomic mass is 10.1. The van der Waals surface area contributed by atoms with Gasteiger partial charge in [-0.05, 0) is 33.7 Å². The lowest BCUT2D eigenvalue weighted by Gasteiger charge is -2.22. The quantitative estimate of drug-likeness (QED) is 0.827. The van der Waals surface area contributed by atoms with Crippen LogP contribution >= 0.6 is 11.3 Å². The van der Waals surface area contributed by atoms with Crippen LogP contribution in [0.2, 0.25) is 0 Å². The SMILES string of the molecule is CCCN(Cc1csc(CNC(C)(C)C)n1)CC(F)(F)F. The standard InChI is InChI=1S/C14H24F3N3S/c1-5-6-20(10-14(15,16)17)8-11-9-21-12(19-11)7-18-13(2,3)4/h9,18H,5-8,10H2,1-4H3. The summed E-state index contributed by atoms with van der Waals surface area (Å²) in [7, 11) is 0. The first-order valence-corrected chi connectivity index (χ1v) is 7.94. The van der Waals surface area contributed by atoms with Crippen LogP contribution in [0.3, 0.4) is 0 Å². The fourth-order valence-electron chi connectivity index (χ4n) is 1.86. The molecule has 0 amide bonds. The van der Waals surface area contributed by atoms with Crippen molar-refractivity contribution in [2.45, 2.75) is 58.9 Å². The van der Waals surface area contributed by atoms with Gasteiger partial charge >= 0.3 is 6.18 Å². The van der Waals surface area contributed by atoms with E-state index in [-0.39, 0.29) is 12.1 Å². The van der Waals surface area contributed by atoms with Crippen molar-refractivity contribution in [3.63, 3.8) is 0 Å². The van der Waals surface area contributed by atoms with E-state index in [2.05, 4.69) is 31.1 Å². The minimum absolute atomic E-state index is 0.00361. The Bertz CT molecular complexity index is 424. The van der Waals surface area contributed by atoms with E-state index in [1.165, 1.54) is 16.2 Å².